The number of rotatable bonds is 4. The minimum absolute atomic E-state index is 0.106. The molecule has 0 fully saturated rings. The monoisotopic (exact) mass is 295 g/mol. The summed E-state index contributed by atoms with van der Waals surface area (Å²) in [5.74, 6) is -7.57. The highest BCUT2D eigenvalue weighted by molar-refractivity contribution is 5.96. The molecule has 1 atom stereocenters. The van der Waals surface area contributed by atoms with E-state index >= 15 is 0 Å². The second-order valence-corrected chi connectivity index (χ2v) is 4.46. The summed E-state index contributed by atoms with van der Waals surface area (Å²) in [6.45, 7) is 3.91. The summed E-state index contributed by atoms with van der Waals surface area (Å²) in [5.41, 5.74) is 0.805. The fraction of sp³-hybridized carbons (Fsp3) is 0.462. The summed E-state index contributed by atoms with van der Waals surface area (Å²) in [4.78, 5) is 11.0. The molecular formula is C13H14F5NO. The van der Waals surface area contributed by atoms with E-state index in [9.17, 15) is 26.7 Å². The van der Waals surface area contributed by atoms with Gasteiger partial charge in [0.05, 0.1) is 0 Å². The van der Waals surface area contributed by atoms with Crippen LogP contribution in [0, 0.1) is 0 Å². The van der Waals surface area contributed by atoms with Gasteiger partial charge in [-0.25, -0.2) is 0 Å². The van der Waals surface area contributed by atoms with Crippen molar-refractivity contribution in [2.45, 2.75) is 38.3 Å². The molecule has 0 spiro atoms. The third-order valence-corrected chi connectivity index (χ3v) is 2.99. The third-order valence-electron chi connectivity index (χ3n) is 2.99. The summed E-state index contributed by atoms with van der Waals surface area (Å²) in [5, 5.41) is 1.56. The molecule has 0 aliphatic rings. The first-order valence-electron chi connectivity index (χ1n) is 5.95. The third kappa shape index (κ3) is 3.46. The molecule has 0 radical (unpaired) electrons. The number of alkyl halides is 5. The molecule has 0 aliphatic heterocycles. The Labute approximate surface area is 113 Å². The maximum absolute atomic E-state index is 12.7. The molecule has 0 bridgehead atoms. The molecule has 0 aliphatic carbocycles. The van der Waals surface area contributed by atoms with Gasteiger partial charge in [0.2, 0.25) is 0 Å². The Hall–Kier alpha value is -1.66. The summed E-state index contributed by atoms with van der Waals surface area (Å²) < 4.78 is 61.4. The van der Waals surface area contributed by atoms with E-state index < -0.39 is 18.0 Å². The van der Waals surface area contributed by atoms with E-state index in [0.29, 0.717) is 0 Å². The average Bonchev–Trinajstić information content (AvgIpc) is 2.37. The van der Waals surface area contributed by atoms with Gasteiger partial charge in [0.15, 0.2) is 0 Å². The summed E-state index contributed by atoms with van der Waals surface area (Å²) in [6.07, 6.45) is -5.05. The van der Waals surface area contributed by atoms with Crippen LogP contribution in [0.1, 0.15) is 31.7 Å². The molecule has 0 saturated heterocycles. The molecule has 2 nitrogen and oxygen atoms in total. The minimum Gasteiger partial charge on any atom is -0.321 e. The Morgan fingerprint density at radius 2 is 1.65 bits per heavy atom. The second kappa shape index (κ2) is 5.76. The first kappa shape index (κ1) is 16.4. The van der Waals surface area contributed by atoms with Crippen LogP contribution in [0.3, 0.4) is 0 Å². The lowest BCUT2D eigenvalue weighted by atomic mass is 9.98. The standard InChI is InChI=1S/C13H14F5NO/c1-3-8(2)9-4-6-10(7-5-9)19-11(20)12(14,15)13(16,17)18/h4-8H,3H2,1-2H3,(H,19,20). The highest BCUT2D eigenvalue weighted by Gasteiger charge is 2.63. The van der Waals surface area contributed by atoms with E-state index in [-0.39, 0.29) is 11.6 Å². The predicted molar refractivity (Wildman–Crippen MR) is 64.8 cm³/mol. The van der Waals surface area contributed by atoms with Crippen LogP contribution in [-0.4, -0.2) is 18.0 Å². The van der Waals surface area contributed by atoms with Gasteiger partial charge in [-0.05, 0) is 30.0 Å². The number of amides is 1. The number of nitrogens with one attached hydrogen (secondary N) is 1. The molecule has 1 rings (SSSR count). The molecule has 1 aromatic rings. The molecule has 0 aromatic heterocycles. The van der Waals surface area contributed by atoms with Crippen LogP contribution in [0.4, 0.5) is 27.6 Å². The van der Waals surface area contributed by atoms with Crippen molar-refractivity contribution in [3.63, 3.8) is 0 Å². The number of hydrogen-bond acceptors (Lipinski definition) is 1. The van der Waals surface area contributed by atoms with Crippen LogP contribution in [0.15, 0.2) is 24.3 Å². The normalized spacial score (nSPS) is 13.9. The SMILES string of the molecule is CCC(C)c1ccc(NC(=O)C(F)(F)C(F)(F)F)cc1. The van der Waals surface area contributed by atoms with E-state index in [1.807, 2.05) is 13.8 Å². The van der Waals surface area contributed by atoms with Gasteiger partial charge in [-0.2, -0.15) is 22.0 Å². The number of benzene rings is 1. The zero-order chi connectivity index (χ0) is 15.6. The Morgan fingerprint density at radius 3 is 2.05 bits per heavy atom. The number of anilines is 1. The molecule has 112 valence electrons. The van der Waals surface area contributed by atoms with E-state index in [4.69, 9.17) is 0 Å². The largest absolute Gasteiger partial charge is 0.463 e. The summed E-state index contributed by atoms with van der Waals surface area (Å²) in [6, 6.07) is 5.75. The van der Waals surface area contributed by atoms with Crippen molar-refractivity contribution in [2.24, 2.45) is 0 Å². The van der Waals surface area contributed by atoms with Crippen molar-refractivity contribution in [3.05, 3.63) is 29.8 Å². The zero-order valence-corrected chi connectivity index (χ0v) is 10.9. The van der Waals surface area contributed by atoms with Gasteiger partial charge in [0.25, 0.3) is 0 Å². The van der Waals surface area contributed by atoms with E-state index in [1.54, 1.807) is 17.4 Å². The highest BCUT2D eigenvalue weighted by Crippen LogP contribution is 2.36. The molecule has 1 aromatic carbocycles. The maximum atomic E-state index is 12.7. The number of carbonyl (C=O) groups excluding carboxylic acids is 1. The molecule has 7 heteroatoms. The van der Waals surface area contributed by atoms with Crippen LogP contribution in [0.5, 0.6) is 0 Å². The predicted octanol–water partition coefficient (Wildman–Crippen LogP) is 4.34. The Balaban J connectivity index is 2.82. The molecule has 1 unspecified atom stereocenters. The first-order valence-corrected chi connectivity index (χ1v) is 5.95. The van der Waals surface area contributed by atoms with Gasteiger partial charge < -0.3 is 5.32 Å². The van der Waals surface area contributed by atoms with E-state index in [1.165, 1.54) is 12.1 Å². The van der Waals surface area contributed by atoms with Crippen molar-refractivity contribution in [2.75, 3.05) is 5.32 Å². The fourth-order valence-electron chi connectivity index (χ4n) is 1.47. The Morgan fingerprint density at radius 1 is 1.15 bits per heavy atom. The minimum atomic E-state index is -5.91. The lowest BCUT2D eigenvalue weighted by Gasteiger charge is -2.19. The van der Waals surface area contributed by atoms with Crippen LogP contribution in [-0.2, 0) is 4.79 Å². The van der Waals surface area contributed by atoms with Crippen molar-refractivity contribution < 1.29 is 26.7 Å². The quantitative estimate of drug-likeness (QED) is 0.823. The van der Waals surface area contributed by atoms with Crippen molar-refractivity contribution in [1.82, 2.24) is 0 Å². The van der Waals surface area contributed by atoms with Gasteiger partial charge in [-0.15, -0.1) is 0 Å². The molecule has 1 amide bonds. The van der Waals surface area contributed by atoms with E-state index in [2.05, 4.69) is 0 Å². The van der Waals surface area contributed by atoms with E-state index in [0.717, 1.165) is 12.0 Å². The van der Waals surface area contributed by atoms with Gasteiger partial charge in [-0.3, -0.25) is 4.79 Å². The van der Waals surface area contributed by atoms with Crippen LogP contribution in [0.25, 0.3) is 0 Å². The topological polar surface area (TPSA) is 29.1 Å². The lowest BCUT2D eigenvalue weighted by molar-refractivity contribution is -0.267. The molecule has 1 N–H and O–H groups in total. The van der Waals surface area contributed by atoms with Crippen molar-refractivity contribution in [3.8, 4) is 0 Å². The second-order valence-electron chi connectivity index (χ2n) is 4.46. The molecule has 0 heterocycles. The smallest absolute Gasteiger partial charge is 0.321 e. The van der Waals surface area contributed by atoms with Crippen LogP contribution < -0.4 is 5.32 Å². The number of halogens is 5. The maximum Gasteiger partial charge on any atom is 0.463 e. The van der Waals surface area contributed by atoms with Gasteiger partial charge in [-0.1, -0.05) is 26.0 Å². The average molecular weight is 295 g/mol. The first-order chi connectivity index (χ1) is 9.09. The molecular weight excluding hydrogens is 281 g/mol. The van der Waals surface area contributed by atoms with Gasteiger partial charge in [0, 0.05) is 5.69 Å². The molecule has 20 heavy (non-hydrogen) atoms. The molecule has 0 saturated carbocycles. The van der Waals surface area contributed by atoms with Crippen LogP contribution >= 0.6 is 0 Å². The van der Waals surface area contributed by atoms with Crippen LogP contribution in [0.2, 0.25) is 0 Å². The number of carbonyl (C=O) groups is 1. The Kier molecular flexibility index (Phi) is 4.73. The summed E-state index contributed by atoms with van der Waals surface area (Å²) in [7, 11) is 0. The lowest BCUT2D eigenvalue weighted by Crippen LogP contribution is -2.47. The van der Waals surface area contributed by atoms with Crippen molar-refractivity contribution >= 4 is 11.6 Å². The highest BCUT2D eigenvalue weighted by atomic mass is 19.4. The van der Waals surface area contributed by atoms with Gasteiger partial charge >= 0.3 is 18.0 Å². The fourth-order valence-corrected chi connectivity index (χ4v) is 1.47. The Bertz CT molecular complexity index is 467. The number of hydrogen-bond donors (Lipinski definition) is 1. The zero-order valence-electron chi connectivity index (χ0n) is 10.9. The van der Waals surface area contributed by atoms with Gasteiger partial charge in [0.1, 0.15) is 0 Å². The van der Waals surface area contributed by atoms with Crippen molar-refractivity contribution in [1.29, 1.82) is 0 Å². The summed E-state index contributed by atoms with van der Waals surface area (Å²) >= 11 is 0.